The van der Waals surface area contributed by atoms with Crippen LogP contribution in [0.15, 0.2) is 18.2 Å². The highest BCUT2D eigenvalue weighted by atomic mass is 16.5. The molecular formula is C17H26N2O4. The molecular weight excluding hydrogens is 296 g/mol. The molecule has 0 bridgehead atoms. The summed E-state index contributed by atoms with van der Waals surface area (Å²) in [5, 5.41) is 12.3. The first kappa shape index (κ1) is 19.0. The minimum absolute atomic E-state index is 0.162. The van der Waals surface area contributed by atoms with E-state index in [0.717, 1.165) is 12.8 Å². The van der Waals surface area contributed by atoms with Gasteiger partial charge in [-0.15, -0.1) is 0 Å². The van der Waals surface area contributed by atoms with Crippen LogP contribution in [0.25, 0.3) is 0 Å². The second kappa shape index (κ2) is 9.15. The number of aliphatic carboxylic acids is 1. The number of methoxy groups -OCH3 is 1. The van der Waals surface area contributed by atoms with E-state index in [2.05, 4.69) is 5.32 Å². The van der Waals surface area contributed by atoms with Gasteiger partial charge in [-0.1, -0.05) is 26.7 Å². The zero-order valence-corrected chi connectivity index (χ0v) is 14.0. The number of ketones is 1. The van der Waals surface area contributed by atoms with Crippen molar-refractivity contribution in [2.45, 2.75) is 51.6 Å². The highest BCUT2D eigenvalue weighted by molar-refractivity contribution is 6.01. The molecule has 0 aliphatic rings. The van der Waals surface area contributed by atoms with Crippen LogP contribution >= 0.6 is 0 Å². The van der Waals surface area contributed by atoms with E-state index in [0.29, 0.717) is 29.8 Å². The lowest BCUT2D eigenvalue weighted by Crippen LogP contribution is -2.46. The van der Waals surface area contributed by atoms with E-state index >= 15 is 0 Å². The maximum absolute atomic E-state index is 12.6. The van der Waals surface area contributed by atoms with Crippen LogP contribution in [-0.4, -0.2) is 36.1 Å². The molecule has 128 valence electrons. The number of nitrogens with one attached hydrogen (secondary N) is 1. The van der Waals surface area contributed by atoms with Crippen molar-refractivity contribution in [2.75, 3.05) is 12.8 Å². The molecule has 0 saturated carbocycles. The summed E-state index contributed by atoms with van der Waals surface area (Å²) in [4.78, 5) is 24.0. The maximum Gasteiger partial charge on any atom is 0.320 e. The molecule has 1 aromatic rings. The monoisotopic (exact) mass is 322 g/mol. The first-order valence-electron chi connectivity index (χ1n) is 7.91. The summed E-state index contributed by atoms with van der Waals surface area (Å²) < 4.78 is 5.08. The average molecular weight is 322 g/mol. The van der Waals surface area contributed by atoms with Crippen LogP contribution in [0.2, 0.25) is 0 Å². The predicted molar refractivity (Wildman–Crippen MR) is 89.9 cm³/mol. The van der Waals surface area contributed by atoms with Crippen LogP contribution in [0.3, 0.4) is 0 Å². The summed E-state index contributed by atoms with van der Waals surface area (Å²) in [5.74, 6) is -0.586. The van der Waals surface area contributed by atoms with E-state index in [1.54, 1.807) is 18.2 Å². The van der Waals surface area contributed by atoms with Gasteiger partial charge in [-0.25, -0.2) is 0 Å². The molecule has 0 radical (unpaired) electrons. The van der Waals surface area contributed by atoms with Gasteiger partial charge in [-0.2, -0.15) is 0 Å². The number of nitrogen functional groups attached to an aromatic ring is 1. The fourth-order valence-corrected chi connectivity index (χ4v) is 2.40. The smallest absolute Gasteiger partial charge is 0.320 e. The summed E-state index contributed by atoms with van der Waals surface area (Å²) in [6.07, 6.45) is 2.70. The lowest BCUT2D eigenvalue weighted by molar-refractivity contribution is -0.139. The van der Waals surface area contributed by atoms with E-state index in [4.69, 9.17) is 10.5 Å². The van der Waals surface area contributed by atoms with Gasteiger partial charge in [0, 0.05) is 5.56 Å². The van der Waals surface area contributed by atoms with Gasteiger partial charge >= 0.3 is 5.97 Å². The standard InChI is InChI=1S/C17H26N2O4/c1-4-6-7-14(17(21)22)19-13(5-2)16(20)11-8-9-15(23-3)12(18)10-11/h8-10,13-14,19H,4-7,18H2,1-3H3,(H,21,22). The van der Waals surface area contributed by atoms with Gasteiger partial charge in [0.25, 0.3) is 0 Å². The van der Waals surface area contributed by atoms with Crippen molar-refractivity contribution < 1.29 is 19.4 Å². The van der Waals surface area contributed by atoms with E-state index in [-0.39, 0.29) is 5.78 Å². The van der Waals surface area contributed by atoms with Crippen molar-refractivity contribution in [3.63, 3.8) is 0 Å². The van der Waals surface area contributed by atoms with Gasteiger partial charge in [0.05, 0.1) is 18.8 Å². The van der Waals surface area contributed by atoms with Crippen LogP contribution in [0.1, 0.15) is 49.9 Å². The molecule has 2 atom stereocenters. The topological polar surface area (TPSA) is 102 Å². The second-order valence-electron chi connectivity index (χ2n) is 5.48. The summed E-state index contributed by atoms with van der Waals surface area (Å²) in [6, 6.07) is 3.57. The first-order chi connectivity index (χ1) is 10.9. The largest absolute Gasteiger partial charge is 0.495 e. The number of carboxylic acids is 1. The van der Waals surface area contributed by atoms with Crippen molar-refractivity contribution >= 4 is 17.4 Å². The Kier molecular flexibility index (Phi) is 7.54. The third-order valence-corrected chi connectivity index (χ3v) is 3.79. The molecule has 2 unspecified atom stereocenters. The van der Waals surface area contributed by atoms with Crippen LogP contribution in [0, 0.1) is 0 Å². The van der Waals surface area contributed by atoms with Crippen molar-refractivity contribution in [3.05, 3.63) is 23.8 Å². The average Bonchev–Trinajstić information content (AvgIpc) is 2.54. The quantitative estimate of drug-likeness (QED) is 0.452. The molecule has 6 nitrogen and oxygen atoms in total. The summed E-state index contributed by atoms with van der Waals surface area (Å²) in [6.45, 7) is 3.85. The molecule has 4 N–H and O–H groups in total. The zero-order valence-electron chi connectivity index (χ0n) is 14.0. The lowest BCUT2D eigenvalue weighted by Gasteiger charge is -2.21. The summed E-state index contributed by atoms with van der Waals surface area (Å²) in [7, 11) is 1.51. The normalized spacial score (nSPS) is 13.3. The van der Waals surface area contributed by atoms with Gasteiger partial charge in [0.15, 0.2) is 5.78 Å². The Morgan fingerprint density at radius 3 is 2.48 bits per heavy atom. The van der Waals surface area contributed by atoms with E-state index in [9.17, 15) is 14.7 Å². The molecule has 0 aliphatic carbocycles. The molecule has 0 spiro atoms. The zero-order chi connectivity index (χ0) is 17.4. The van der Waals surface area contributed by atoms with Gasteiger partial charge in [0.2, 0.25) is 0 Å². The minimum atomic E-state index is -0.932. The lowest BCUT2D eigenvalue weighted by atomic mass is 9.99. The Hall–Kier alpha value is -2.08. The molecule has 6 heteroatoms. The number of rotatable bonds is 10. The number of nitrogens with two attached hydrogens (primary N) is 1. The first-order valence-corrected chi connectivity index (χ1v) is 7.91. The SMILES string of the molecule is CCCCC(NC(CC)C(=O)c1ccc(OC)c(N)c1)C(=O)O. The molecule has 1 rings (SSSR count). The second-order valence-corrected chi connectivity index (χ2v) is 5.48. The van der Waals surface area contributed by atoms with E-state index in [1.807, 2.05) is 13.8 Å². The molecule has 0 heterocycles. The van der Waals surface area contributed by atoms with Crippen LogP contribution in [-0.2, 0) is 4.79 Å². The number of hydrogen-bond donors (Lipinski definition) is 3. The number of Topliss-reactive ketones (excluding diaryl/α,β-unsaturated/α-hetero) is 1. The molecule has 0 amide bonds. The highest BCUT2D eigenvalue weighted by Gasteiger charge is 2.25. The van der Waals surface area contributed by atoms with Crippen molar-refractivity contribution in [3.8, 4) is 5.75 Å². The number of carbonyl (C=O) groups excluding carboxylic acids is 1. The number of benzene rings is 1. The van der Waals surface area contributed by atoms with Crippen molar-refractivity contribution in [1.82, 2.24) is 5.32 Å². The number of hydrogen-bond acceptors (Lipinski definition) is 5. The van der Waals surface area contributed by atoms with E-state index < -0.39 is 18.1 Å². The van der Waals surface area contributed by atoms with Crippen molar-refractivity contribution in [1.29, 1.82) is 0 Å². The number of unbranched alkanes of at least 4 members (excludes halogenated alkanes) is 1. The summed E-state index contributed by atoms with van der Waals surface area (Å²) >= 11 is 0. The Morgan fingerprint density at radius 2 is 2.00 bits per heavy atom. The van der Waals surface area contributed by atoms with Gasteiger partial charge < -0.3 is 15.6 Å². The molecule has 0 aliphatic heterocycles. The van der Waals surface area contributed by atoms with Gasteiger partial charge in [-0.3, -0.25) is 14.9 Å². The molecule has 0 aromatic heterocycles. The van der Waals surface area contributed by atoms with Gasteiger partial charge in [-0.05, 0) is 31.0 Å². The maximum atomic E-state index is 12.6. The predicted octanol–water partition coefficient (Wildman–Crippen LogP) is 2.47. The Labute approximate surface area is 137 Å². The van der Waals surface area contributed by atoms with E-state index in [1.165, 1.54) is 7.11 Å². The number of anilines is 1. The Morgan fingerprint density at radius 1 is 1.30 bits per heavy atom. The van der Waals surface area contributed by atoms with Crippen LogP contribution < -0.4 is 15.8 Å². The van der Waals surface area contributed by atoms with Crippen LogP contribution in [0.4, 0.5) is 5.69 Å². The third-order valence-electron chi connectivity index (χ3n) is 3.79. The molecule has 0 fully saturated rings. The number of carboxylic acid groups (broad SMARTS) is 1. The Balaban J connectivity index is 2.88. The third kappa shape index (κ3) is 5.25. The molecule has 0 saturated heterocycles. The summed E-state index contributed by atoms with van der Waals surface area (Å²) in [5.41, 5.74) is 6.66. The van der Waals surface area contributed by atoms with Crippen LogP contribution in [0.5, 0.6) is 5.75 Å². The fourth-order valence-electron chi connectivity index (χ4n) is 2.40. The molecule has 1 aromatic carbocycles. The minimum Gasteiger partial charge on any atom is -0.495 e. The molecule has 23 heavy (non-hydrogen) atoms. The number of ether oxygens (including phenoxy) is 1. The highest BCUT2D eigenvalue weighted by Crippen LogP contribution is 2.23. The van der Waals surface area contributed by atoms with Crippen molar-refractivity contribution in [2.24, 2.45) is 0 Å². The fraction of sp³-hybridized carbons (Fsp3) is 0.529. The Bertz CT molecular complexity index is 545. The van der Waals surface area contributed by atoms with Gasteiger partial charge in [0.1, 0.15) is 11.8 Å². The number of carbonyl (C=O) groups is 2.